The van der Waals surface area contributed by atoms with Gasteiger partial charge >= 0.3 is 0 Å². The minimum absolute atomic E-state index is 0.216. The molecule has 6 rings (SSSR count). The van der Waals surface area contributed by atoms with Gasteiger partial charge < -0.3 is 9.73 Å². The van der Waals surface area contributed by atoms with Crippen molar-refractivity contribution in [3.05, 3.63) is 48.0 Å². The molecule has 1 aromatic carbocycles. The smallest absolute Gasteiger partial charge is 0.134 e. The van der Waals surface area contributed by atoms with Crippen LogP contribution in [0.15, 0.2) is 40.8 Å². The molecule has 0 saturated heterocycles. The standard InChI is InChI=1S/C23H28FNO/c1-15(23-11-16-8-17(12-23)10-18(9-16)13-23)25-14-21-6-7-22(26-21)19-2-4-20(24)5-3-19/h2-7,15-18,25H,8-14H2,1H3. The third-order valence-electron chi connectivity index (χ3n) is 7.38. The van der Waals surface area contributed by atoms with Gasteiger partial charge in [0.15, 0.2) is 0 Å². The monoisotopic (exact) mass is 353 g/mol. The molecule has 0 spiro atoms. The minimum Gasteiger partial charge on any atom is -0.460 e. The molecule has 1 heterocycles. The maximum Gasteiger partial charge on any atom is 0.134 e. The van der Waals surface area contributed by atoms with Crippen LogP contribution in [0.5, 0.6) is 0 Å². The van der Waals surface area contributed by atoms with Gasteiger partial charge in [-0.05, 0) is 105 Å². The van der Waals surface area contributed by atoms with Crippen molar-refractivity contribution in [3.63, 3.8) is 0 Å². The molecule has 0 aliphatic heterocycles. The van der Waals surface area contributed by atoms with E-state index in [1.807, 2.05) is 12.1 Å². The van der Waals surface area contributed by atoms with Crippen LogP contribution in [0.1, 0.15) is 51.2 Å². The Bertz CT molecular complexity index is 742. The summed E-state index contributed by atoms with van der Waals surface area (Å²) in [5.74, 6) is 4.51. The van der Waals surface area contributed by atoms with Crippen molar-refractivity contribution in [1.82, 2.24) is 5.32 Å². The summed E-state index contributed by atoms with van der Waals surface area (Å²) in [5, 5.41) is 3.78. The van der Waals surface area contributed by atoms with Crippen molar-refractivity contribution in [3.8, 4) is 11.3 Å². The van der Waals surface area contributed by atoms with Crippen molar-refractivity contribution in [2.24, 2.45) is 23.2 Å². The average molecular weight is 353 g/mol. The second-order valence-electron chi connectivity index (χ2n) is 9.16. The van der Waals surface area contributed by atoms with E-state index in [2.05, 4.69) is 12.2 Å². The van der Waals surface area contributed by atoms with Gasteiger partial charge in [-0.3, -0.25) is 0 Å². The Kier molecular flexibility index (Phi) is 3.97. The molecular weight excluding hydrogens is 325 g/mol. The summed E-state index contributed by atoms with van der Waals surface area (Å²) < 4.78 is 19.1. The Morgan fingerprint density at radius 2 is 1.62 bits per heavy atom. The van der Waals surface area contributed by atoms with E-state index in [0.29, 0.717) is 11.5 Å². The summed E-state index contributed by atoms with van der Waals surface area (Å²) in [5.41, 5.74) is 1.44. The number of nitrogens with one attached hydrogen (secondary N) is 1. The number of furan rings is 1. The van der Waals surface area contributed by atoms with E-state index in [9.17, 15) is 4.39 Å². The SMILES string of the molecule is CC(NCc1ccc(-c2ccc(F)cc2)o1)C12CC3CC(CC(C3)C1)C2. The summed E-state index contributed by atoms with van der Waals surface area (Å²) in [7, 11) is 0. The third-order valence-corrected chi connectivity index (χ3v) is 7.38. The van der Waals surface area contributed by atoms with Gasteiger partial charge in [-0.15, -0.1) is 0 Å². The zero-order valence-electron chi connectivity index (χ0n) is 15.5. The zero-order valence-corrected chi connectivity index (χ0v) is 15.5. The summed E-state index contributed by atoms with van der Waals surface area (Å²) in [4.78, 5) is 0. The van der Waals surface area contributed by atoms with Crippen LogP contribution in [0.25, 0.3) is 11.3 Å². The van der Waals surface area contributed by atoms with Crippen LogP contribution in [0.3, 0.4) is 0 Å². The van der Waals surface area contributed by atoms with Crippen molar-refractivity contribution >= 4 is 0 Å². The van der Waals surface area contributed by atoms with Crippen LogP contribution in [0, 0.1) is 29.0 Å². The largest absolute Gasteiger partial charge is 0.460 e. The van der Waals surface area contributed by atoms with Gasteiger partial charge in [0.1, 0.15) is 17.3 Å². The molecule has 138 valence electrons. The predicted octanol–water partition coefficient (Wildman–Crippen LogP) is 5.78. The quantitative estimate of drug-likeness (QED) is 0.737. The maximum absolute atomic E-state index is 13.1. The first kappa shape index (κ1) is 16.6. The third kappa shape index (κ3) is 2.90. The van der Waals surface area contributed by atoms with E-state index in [-0.39, 0.29) is 5.82 Å². The fraction of sp³-hybridized carbons (Fsp3) is 0.565. The number of halogens is 1. The highest BCUT2D eigenvalue weighted by atomic mass is 19.1. The molecule has 4 aliphatic carbocycles. The van der Waals surface area contributed by atoms with Gasteiger partial charge in [-0.1, -0.05) is 0 Å². The molecule has 1 atom stereocenters. The maximum atomic E-state index is 13.1. The predicted molar refractivity (Wildman–Crippen MR) is 101 cm³/mol. The Labute approximate surface area is 155 Å². The van der Waals surface area contributed by atoms with Crippen LogP contribution in [0.2, 0.25) is 0 Å². The van der Waals surface area contributed by atoms with Gasteiger partial charge in [0.25, 0.3) is 0 Å². The summed E-state index contributed by atoms with van der Waals surface area (Å²) >= 11 is 0. The fourth-order valence-corrected chi connectivity index (χ4v) is 6.42. The Balaban J connectivity index is 1.25. The molecule has 4 bridgehead atoms. The van der Waals surface area contributed by atoms with Crippen molar-refractivity contribution in [2.45, 2.75) is 58.0 Å². The molecule has 4 aliphatic rings. The second kappa shape index (κ2) is 6.23. The van der Waals surface area contributed by atoms with E-state index < -0.39 is 0 Å². The van der Waals surface area contributed by atoms with Crippen molar-refractivity contribution < 1.29 is 8.81 Å². The molecular formula is C23H28FNO. The summed E-state index contributed by atoms with van der Waals surface area (Å²) in [6.45, 7) is 3.15. The molecule has 3 heteroatoms. The highest BCUT2D eigenvalue weighted by Gasteiger charge is 2.52. The lowest BCUT2D eigenvalue weighted by atomic mass is 9.48. The van der Waals surface area contributed by atoms with Gasteiger partial charge in [0.2, 0.25) is 0 Å². The average Bonchev–Trinajstić information content (AvgIpc) is 3.08. The van der Waals surface area contributed by atoms with Crippen LogP contribution in [-0.2, 0) is 6.54 Å². The first-order chi connectivity index (χ1) is 12.6. The molecule has 1 aromatic heterocycles. The van der Waals surface area contributed by atoms with E-state index in [4.69, 9.17) is 4.42 Å². The summed E-state index contributed by atoms with van der Waals surface area (Å²) in [6, 6.07) is 11.1. The van der Waals surface area contributed by atoms with Crippen LogP contribution in [-0.4, -0.2) is 6.04 Å². The lowest BCUT2D eigenvalue weighted by Crippen LogP contribution is -2.54. The van der Waals surface area contributed by atoms with Gasteiger partial charge in [-0.25, -0.2) is 4.39 Å². The number of rotatable bonds is 5. The van der Waals surface area contributed by atoms with Gasteiger partial charge in [-0.2, -0.15) is 0 Å². The first-order valence-electron chi connectivity index (χ1n) is 10.2. The molecule has 26 heavy (non-hydrogen) atoms. The molecule has 4 fully saturated rings. The molecule has 1 unspecified atom stereocenters. The van der Waals surface area contributed by atoms with E-state index in [1.165, 1.54) is 50.7 Å². The Morgan fingerprint density at radius 3 is 2.23 bits per heavy atom. The van der Waals surface area contributed by atoms with Crippen molar-refractivity contribution in [1.29, 1.82) is 0 Å². The highest BCUT2D eigenvalue weighted by Crippen LogP contribution is 2.61. The number of hydrogen-bond acceptors (Lipinski definition) is 2. The topological polar surface area (TPSA) is 25.2 Å². The molecule has 0 amide bonds. The fourth-order valence-electron chi connectivity index (χ4n) is 6.42. The van der Waals surface area contributed by atoms with Crippen LogP contribution in [0.4, 0.5) is 4.39 Å². The molecule has 0 radical (unpaired) electrons. The van der Waals surface area contributed by atoms with E-state index in [1.54, 1.807) is 12.1 Å². The lowest BCUT2D eigenvalue weighted by molar-refractivity contribution is -0.0708. The Morgan fingerprint density at radius 1 is 1.00 bits per heavy atom. The van der Waals surface area contributed by atoms with Gasteiger partial charge in [0.05, 0.1) is 6.54 Å². The first-order valence-corrected chi connectivity index (χ1v) is 10.2. The summed E-state index contributed by atoms with van der Waals surface area (Å²) in [6.07, 6.45) is 8.74. The molecule has 2 nitrogen and oxygen atoms in total. The molecule has 1 N–H and O–H groups in total. The normalized spacial score (nSPS) is 33.5. The van der Waals surface area contributed by atoms with Crippen molar-refractivity contribution in [2.75, 3.05) is 0 Å². The molecule has 2 aromatic rings. The van der Waals surface area contributed by atoms with Crippen LogP contribution < -0.4 is 5.32 Å². The van der Waals surface area contributed by atoms with E-state index in [0.717, 1.165) is 41.4 Å². The molecule has 4 saturated carbocycles. The number of benzene rings is 1. The second-order valence-corrected chi connectivity index (χ2v) is 9.16. The number of hydrogen-bond donors (Lipinski definition) is 1. The minimum atomic E-state index is -0.216. The Hall–Kier alpha value is -1.61. The zero-order chi connectivity index (χ0) is 17.7. The van der Waals surface area contributed by atoms with E-state index >= 15 is 0 Å². The van der Waals surface area contributed by atoms with Gasteiger partial charge in [0, 0.05) is 11.6 Å². The highest BCUT2D eigenvalue weighted by molar-refractivity contribution is 5.57. The van der Waals surface area contributed by atoms with Crippen LogP contribution >= 0.6 is 0 Å². The lowest BCUT2D eigenvalue weighted by Gasteiger charge is -2.59.